The third kappa shape index (κ3) is 5.91. The van der Waals surface area contributed by atoms with Crippen LogP contribution in [-0.2, 0) is 9.53 Å². The molecule has 1 amide bonds. The van der Waals surface area contributed by atoms with Crippen LogP contribution in [0.2, 0.25) is 0 Å². The lowest BCUT2D eigenvalue weighted by molar-refractivity contribution is -0.138. The maximum absolute atomic E-state index is 12.3. The summed E-state index contributed by atoms with van der Waals surface area (Å²) in [5, 5.41) is 3.47. The molecular formula is C15H30N2O2. The molecule has 0 aromatic rings. The molecule has 0 saturated carbocycles. The molecule has 19 heavy (non-hydrogen) atoms. The van der Waals surface area contributed by atoms with E-state index < -0.39 is 0 Å². The summed E-state index contributed by atoms with van der Waals surface area (Å²) in [5.41, 5.74) is -0.361. The molecule has 1 unspecified atom stereocenters. The average Bonchev–Trinajstić information content (AvgIpc) is 2.36. The minimum Gasteiger partial charge on any atom is -0.378 e. The lowest BCUT2D eigenvalue weighted by Gasteiger charge is -2.35. The van der Waals surface area contributed by atoms with Gasteiger partial charge in [-0.25, -0.2) is 0 Å². The van der Waals surface area contributed by atoms with Gasteiger partial charge in [-0.1, -0.05) is 13.8 Å². The number of hydrogen-bond donors (Lipinski definition) is 1. The first-order chi connectivity index (χ1) is 8.84. The Kier molecular flexibility index (Phi) is 6.27. The second-order valence-corrected chi connectivity index (χ2v) is 6.55. The molecule has 4 heteroatoms. The van der Waals surface area contributed by atoms with Crippen molar-refractivity contribution in [3.8, 4) is 0 Å². The van der Waals surface area contributed by atoms with Crippen LogP contribution < -0.4 is 5.32 Å². The number of piperidine rings is 1. The van der Waals surface area contributed by atoms with Gasteiger partial charge in [0.25, 0.3) is 0 Å². The SMILES string of the molecule is COC(C)(C)CC(=O)N1CCCC(CNC(C)C)C1. The van der Waals surface area contributed by atoms with Crippen molar-refractivity contribution in [2.75, 3.05) is 26.7 Å². The van der Waals surface area contributed by atoms with Crippen LogP contribution in [0.15, 0.2) is 0 Å². The lowest BCUT2D eigenvalue weighted by atomic mass is 9.96. The smallest absolute Gasteiger partial charge is 0.225 e. The fourth-order valence-electron chi connectivity index (χ4n) is 2.41. The van der Waals surface area contributed by atoms with Crippen molar-refractivity contribution in [2.24, 2.45) is 5.92 Å². The molecule has 1 rings (SSSR count). The van der Waals surface area contributed by atoms with Gasteiger partial charge in [-0.15, -0.1) is 0 Å². The number of hydrogen-bond acceptors (Lipinski definition) is 3. The van der Waals surface area contributed by atoms with E-state index in [1.54, 1.807) is 7.11 Å². The van der Waals surface area contributed by atoms with Gasteiger partial charge in [-0.2, -0.15) is 0 Å². The highest BCUT2D eigenvalue weighted by molar-refractivity contribution is 5.77. The summed E-state index contributed by atoms with van der Waals surface area (Å²) >= 11 is 0. The maximum atomic E-state index is 12.3. The highest BCUT2D eigenvalue weighted by Crippen LogP contribution is 2.20. The van der Waals surface area contributed by atoms with Crippen molar-refractivity contribution in [3.63, 3.8) is 0 Å². The molecule has 1 saturated heterocycles. The van der Waals surface area contributed by atoms with E-state index in [0.29, 0.717) is 18.4 Å². The van der Waals surface area contributed by atoms with E-state index >= 15 is 0 Å². The summed E-state index contributed by atoms with van der Waals surface area (Å²) in [6.45, 7) is 11.0. The van der Waals surface area contributed by atoms with Gasteiger partial charge >= 0.3 is 0 Å². The second-order valence-electron chi connectivity index (χ2n) is 6.55. The molecule has 1 aliphatic heterocycles. The summed E-state index contributed by atoms with van der Waals surface area (Å²) in [7, 11) is 1.67. The van der Waals surface area contributed by atoms with E-state index in [2.05, 4.69) is 19.2 Å². The molecule has 4 nitrogen and oxygen atoms in total. The Labute approximate surface area is 117 Å². The van der Waals surface area contributed by atoms with Crippen molar-refractivity contribution >= 4 is 5.91 Å². The Bertz CT molecular complexity index is 290. The normalized spacial score (nSPS) is 20.9. The van der Waals surface area contributed by atoms with Crippen LogP contribution in [-0.4, -0.2) is 49.2 Å². The van der Waals surface area contributed by atoms with Crippen LogP contribution in [0.25, 0.3) is 0 Å². The van der Waals surface area contributed by atoms with Crippen molar-refractivity contribution < 1.29 is 9.53 Å². The Morgan fingerprint density at radius 3 is 2.74 bits per heavy atom. The number of rotatable bonds is 6. The van der Waals surface area contributed by atoms with Crippen molar-refractivity contribution in [2.45, 2.75) is 58.6 Å². The lowest BCUT2D eigenvalue weighted by Crippen LogP contribution is -2.45. The zero-order valence-electron chi connectivity index (χ0n) is 13.2. The maximum Gasteiger partial charge on any atom is 0.225 e. The topological polar surface area (TPSA) is 41.6 Å². The minimum absolute atomic E-state index is 0.223. The van der Waals surface area contributed by atoms with Crippen LogP contribution in [0, 0.1) is 5.92 Å². The number of methoxy groups -OCH3 is 1. The third-order valence-electron chi connectivity index (χ3n) is 3.82. The zero-order chi connectivity index (χ0) is 14.5. The summed E-state index contributed by atoms with van der Waals surface area (Å²) < 4.78 is 5.35. The Morgan fingerprint density at radius 1 is 1.47 bits per heavy atom. The number of carbonyl (C=O) groups is 1. The number of nitrogens with one attached hydrogen (secondary N) is 1. The molecule has 1 aliphatic rings. The monoisotopic (exact) mass is 270 g/mol. The molecule has 0 aliphatic carbocycles. The first kappa shape index (κ1) is 16.4. The van der Waals surface area contributed by atoms with Crippen LogP contribution in [0.1, 0.15) is 47.0 Å². The quantitative estimate of drug-likeness (QED) is 0.803. The van der Waals surface area contributed by atoms with Gasteiger partial charge in [0.1, 0.15) is 0 Å². The van der Waals surface area contributed by atoms with Crippen molar-refractivity contribution in [1.29, 1.82) is 0 Å². The Hall–Kier alpha value is -0.610. The van der Waals surface area contributed by atoms with Crippen LogP contribution in [0.5, 0.6) is 0 Å². The third-order valence-corrected chi connectivity index (χ3v) is 3.82. The van der Waals surface area contributed by atoms with E-state index in [0.717, 1.165) is 26.1 Å². The fourth-order valence-corrected chi connectivity index (χ4v) is 2.41. The fraction of sp³-hybridized carbons (Fsp3) is 0.933. The molecular weight excluding hydrogens is 240 g/mol. The van der Waals surface area contributed by atoms with Crippen LogP contribution in [0.4, 0.5) is 0 Å². The van der Waals surface area contributed by atoms with Gasteiger partial charge in [-0.3, -0.25) is 4.79 Å². The predicted octanol–water partition coefficient (Wildman–Crippen LogP) is 2.04. The van der Waals surface area contributed by atoms with E-state index in [1.165, 1.54) is 6.42 Å². The molecule has 0 spiro atoms. The zero-order valence-corrected chi connectivity index (χ0v) is 13.2. The molecule has 1 N–H and O–H groups in total. The average molecular weight is 270 g/mol. The van der Waals surface area contributed by atoms with Gasteiger partial charge in [0.15, 0.2) is 0 Å². The molecule has 1 fully saturated rings. The number of likely N-dealkylation sites (tertiary alicyclic amines) is 1. The molecule has 0 aromatic heterocycles. The van der Waals surface area contributed by atoms with E-state index in [4.69, 9.17) is 4.74 Å². The van der Waals surface area contributed by atoms with Gasteiger partial charge in [-0.05, 0) is 39.2 Å². The van der Waals surface area contributed by atoms with Crippen molar-refractivity contribution in [3.05, 3.63) is 0 Å². The second kappa shape index (κ2) is 7.25. The molecule has 0 bridgehead atoms. The molecule has 1 atom stereocenters. The molecule has 112 valence electrons. The Morgan fingerprint density at radius 2 is 2.16 bits per heavy atom. The predicted molar refractivity (Wildman–Crippen MR) is 78.1 cm³/mol. The van der Waals surface area contributed by atoms with E-state index in [1.807, 2.05) is 18.7 Å². The van der Waals surface area contributed by atoms with Gasteiger partial charge in [0.2, 0.25) is 5.91 Å². The van der Waals surface area contributed by atoms with Crippen LogP contribution in [0.3, 0.4) is 0 Å². The number of amides is 1. The summed E-state index contributed by atoms with van der Waals surface area (Å²) in [4.78, 5) is 14.3. The highest BCUT2D eigenvalue weighted by atomic mass is 16.5. The van der Waals surface area contributed by atoms with E-state index in [9.17, 15) is 4.79 Å². The first-order valence-electron chi connectivity index (χ1n) is 7.40. The Balaban J connectivity index is 2.43. The molecule has 0 aromatic carbocycles. The summed E-state index contributed by atoms with van der Waals surface area (Å²) in [5.74, 6) is 0.812. The summed E-state index contributed by atoms with van der Waals surface area (Å²) in [6.07, 6.45) is 2.80. The first-order valence-corrected chi connectivity index (χ1v) is 7.40. The molecule has 0 radical (unpaired) electrons. The largest absolute Gasteiger partial charge is 0.378 e. The highest BCUT2D eigenvalue weighted by Gasteiger charge is 2.28. The number of ether oxygens (including phenoxy) is 1. The van der Waals surface area contributed by atoms with Gasteiger partial charge in [0, 0.05) is 26.2 Å². The van der Waals surface area contributed by atoms with Crippen molar-refractivity contribution in [1.82, 2.24) is 10.2 Å². The minimum atomic E-state index is -0.361. The molecule has 1 heterocycles. The van der Waals surface area contributed by atoms with Gasteiger partial charge in [0.05, 0.1) is 12.0 Å². The number of nitrogens with zero attached hydrogens (tertiary/aromatic N) is 1. The van der Waals surface area contributed by atoms with Gasteiger partial charge < -0.3 is 15.0 Å². The summed E-state index contributed by atoms with van der Waals surface area (Å²) in [6, 6.07) is 0.513. The van der Waals surface area contributed by atoms with E-state index in [-0.39, 0.29) is 11.5 Å². The number of carbonyl (C=O) groups excluding carboxylic acids is 1. The van der Waals surface area contributed by atoms with Crippen LogP contribution >= 0.6 is 0 Å². The standard InChI is InChI=1S/C15H30N2O2/c1-12(2)16-10-13-7-6-8-17(11-13)14(18)9-15(3,4)19-5/h12-13,16H,6-11H2,1-5H3.